The second-order valence-electron chi connectivity index (χ2n) is 4.18. The summed E-state index contributed by atoms with van der Waals surface area (Å²) in [5, 5.41) is 15.7. The summed E-state index contributed by atoms with van der Waals surface area (Å²) in [6, 6.07) is 0. The Hall–Kier alpha value is 0.899. The number of nitrogens with one attached hydrogen (secondary N) is 5. The van der Waals surface area contributed by atoms with E-state index in [2.05, 4.69) is 36.5 Å². The molecule has 0 aliphatic rings. The van der Waals surface area contributed by atoms with Crippen molar-refractivity contribution >= 4 is 79.5 Å². The molecule has 0 aromatic heterocycles. The molecule has 0 bridgehead atoms. The minimum absolute atomic E-state index is 0.230. The zero-order chi connectivity index (χ0) is 17.1. The Morgan fingerprint density at radius 1 is 0.682 bits per heavy atom. The molecular weight excluding hydrogens is 461 g/mol. The van der Waals surface area contributed by atoms with E-state index < -0.39 is 0 Å². The first-order valence-electron chi connectivity index (χ1n) is 7.14. The van der Waals surface area contributed by atoms with Gasteiger partial charge in [0.1, 0.15) is 0 Å². The van der Waals surface area contributed by atoms with Crippen LogP contribution in [0.1, 0.15) is 0 Å². The molecule has 0 fully saturated rings. The van der Waals surface area contributed by atoms with E-state index in [1.165, 1.54) is 0 Å². The molecule has 128 valence electrons. The van der Waals surface area contributed by atoms with Crippen LogP contribution in [0.15, 0.2) is 0 Å². The third kappa shape index (κ3) is 29.0. The Labute approximate surface area is 167 Å². The molecule has 5 N–H and O–H groups in total. The molecule has 0 saturated heterocycles. The Morgan fingerprint density at radius 3 is 1.14 bits per heavy atom. The molecular formula is C12H27N5S4Sn. The quantitative estimate of drug-likeness (QED) is 0.107. The number of thiocarbonyl (C=S) groups is 2. The topological polar surface area (TPSA) is 60.1 Å². The molecule has 0 aromatic rings. The van der Waals surface area contributed by atoms with Crippen LogP contribution < -0.4 is 26.6 Å². The molecule has 0 aliphatic carbocycles. The third-order valence-electron chi connectivity index (χ3n) is 2.10. The monoisotopic (exact) mass is 489 g/mol. The van der Waals surface area contributed by atoms with Crippen molar-refractivity contribution < 1.29 is 0 Å². The molecule has 0 unspecified atom stereocenters. The van der Waals surface area contributed by atoms with Gasteiger partial charge in [-0.05, 0) is 0 Å². The van der Waals surface area contributed by atoms with Gasteiger partial charge in [0.15, 0.2) is 0 Å². The summed E-state index contributed by atoms with van der Waals surface area (Å²) >= 11 is 19.1. The van der Waals surface area contributed by atoms with Gasteiger partial charge in [-0.25, -0.2) is 0 Å². The Morgan fingerprint density at radius 2 is 0.909 bits per heavy atom. The first kappa shape index (κ1) is 25.1. The van der Waals surface area contributed by atoms with Crippen LogP contribution in [0.2, 0.25) is 9.88 Å². The van der Waals surface area contributed by atoms with Gasteiger partial charge in [0, 0.05) is 52.4 Å². The van der Waals surface area contributed by atoms with E-state index in [-0.39, 0.29) is 21.1 Å². The summed E-state index contributed by atoms with van der Waals surface area (Å²) in [6.07, 6.45) is 0. The van der Waals surface area contributed by atoms with E-state index in [0.29, 0.717) is 8.64 Å². The molecule has 0 saturated carbocycles. The van der Waals surface area contributed by atoms with Gasteiger partial charge in [0.05, 0.1) is 0 Å². The van der Waals surface area contributed by atoms with Gasteiger partial charge in [-0.1, -0.05) is 8.64 Å². The van der Waals surface area contributed by atoms with E-state index >= 15 is 0 Å². The van der Waals surface area contributed by atoms with Gasteiger partial charge in [-0.2, -0.15) is 0 Å². The summed E-state index contributed by atoms with van der Waals surface area (Å²) in [6.45, 7) is 7.02. The van der Waals surface area contributed by atoms with Gasteiger partial charge in [-0.3, -0.25) is 0 Å². The normalized spacial score (nSPS) is 9.18. The molecule has 0 aromatic carbocycles. The molecule has 10 heteroatoms. The molecule has 0 aliphatic heterocycles. The average Bonchev–Trinajstić information content (AvgIpc) is 2.44. The van der Waals surface area contributed by atoms with E-state index in [1.807, 2.05) is 0 Å². The second kappa shape index (κ2) is 21.9. The molecule has 22 heavy (non-hydrogen) atoms. The molecule has 0 amide bonds. The van der Waals surface area contributed by atoms with Crippen LogP contribution in [0, 0.1) is 0 Å². The predicted molar refractivity (Wildman–Crippen MR) is 112 cm³/mol. The first-order chi connectivity index (χ1) is 10.5. The minimum atomic E-state index is 0.230. The van der Waals surface area contributed by atoms with Crippen molar-refractivity contribution in [3.05, 3.63) is 0 Å². The van der Waals surface area contributed by atoms with Crippen molar-refractivity contribution in [3.8, 4) is 0 Å². The summed E-state index contributed by atoms with van der Waals surface area (Å²) in [5.74, 6) is 0. The molecule has 0 heterocycles. The van der Waals surface area contributed by atoms with Crippen LogP contribution in [-0.2, 0) is 25.3 Å². The maximum atomic E-state index is 4.73. The van der Waals surface area contributed by atoms with Crippen molar-refractivity contribution in [1.29, 1.82) is 0 Å². The van der Waals surface area contributed by atoms with Crippen molar-refractivity contribution in [2.45, 2.75) is 9.88 Å². The number of hydrogen-bond donors (Lipinski definition) is 5. The van der Waals surface area contributed by atoms with Gasteiger partial charge in [0.25, 0.3) is 0 Å². The zero-order valence-electron chi connectivity index (χ0n) is 13.3. The summed E-state index contributed by atoms with van der Waals surface area (Å²) in [4.78, 5) is 4.59. The van der Waals surface area contributed by atoms with Crippen LogP contribution >= 0.6 is 24.4 Å². The van der Waals surface area contributed by atoms with Crippen LogP contribution in [0.4, 0.5) is 0 Å². The summed E-state index contributed by atoms with van der Waals surface area (Å²) < 4.78 is 0.856. The Bertz CT molecular complexity index is 248. The van der Waals surface area contributed by atoms with Gasteiger partial charge >= 0.3 is 31.0 Å². The second-order valence-corrected chi connectivity index (χ2v) is 9.18. The van der Waals surface area contributed by atoms with Crippen molar-refractivity contribution in [2.24, 2.45) is 0 Å². The fraction of sp³-hybridized carbons (Fsp3) is 0.833. The fourth-order valence-corrected chi connectivity index (χ4v) is 1.64. The van der Waals surface area contributed by atoms with E-state index in [1.54, 1.807) is 0 Å². The molecule has 0 radical (unpaired) electrons. The van der Waals surface area contributed by atoms with Gasteiger partial charge in [-0.15, -0.1) is 0 Å². The zero-order valence-corrected chi connectivity index (χ0v) is 19.4. The molecule has 0 rings (SSSR count). The standard InChI is InChI=1S/C10H23N5S4.2CH3.Sn/c16-9(17)14-7-5-12-3-1-11-2-4-13-6-8-15-10(18)19;;;/h11-13H,1-8H2,(H2,14,16,17)(H2,15,18,19);2*1H3;/q;;;+2/p-2. The van der Waals surface area contributed by atoms with Gasteiger partial charge in [0.2, 0.25) is 0 Å². The molecule has 5 nitrogen and oxygen atoms in total. The van der Waals surface area contributed by atoms with E-state index in [4.69, 9.17) is 49.7 Å². The van der Waals surface area contributed by atoms with E-state index in [0.717, 1.165) is 52.4 Å². The van der Waals surface area contributed by atoms with Crippen molar-refractivity contribution in [3.63, 3.8) is 0 Å². The average molecular weight is 488 g/mol. The fourth-order valence-electron chi connectivity index (χ4n) is 1.23. The number of rotatable bonds is 12. The Kier molecular flexibility index (Phi) is 25.0. The summed E-state index contributed by atoms with van der Waals surface area (Å²) in [7, 11) is 0. The third-order valence-corrected chi connectivity index (χ3v) is 2.68. The van der Waals surface area contributed by atoms with E-state index in [9.17, 15) is 0 Å². The van der Waals surface area contributed by atoms with Crippen molar-refractivity contribution in [2.75, 3.05) is 52.4 Å². The summed E-state index contributed by atoms with van der Waals surface area (Å²) in [5.41, 5.74) is 0. The Balaban J connectivity index is 0. The van der Waals surface area contributed by atoms with Gasteiger partial charge < -0.3 is 76.3 Å². The van der Waals surface area contributed by atoms with Crippen molar-refractivity contribution in [1.82, 2.24) is 26.6 Å². The van der Waals surface area contributed by atoms with Crippen LogP contribution in [0.25, 0.3) is 0 Å². The maximum absolute atomic E-state index is 4.73. The SMILES string of the molecule is S=C([S-])NCCNCCNCCNCCNC(=S)[S-].[CH3][Sn+2][CH3]. The van der Waals surface area contributed by atoms with Crippen LogP contribution in [0.3, 0.4) is 0 Å². The predicted octanol–water partition coefficient (Wildman–Crippen LogP) is -0.615. The number of hydrogen-bond acceptors (Lipinski definition) is 7. The van der Waals surface area contributed by atoms with Crippen LogP contribution in [-0.4, -0.2) is 82.1 Å². The van der Waals surface area contributed by atoms with Crippen LogP contribution in [0.5, 0.6) is 0 Å². The molecule has 0 spiro atoms. The first-order valence-corrected chi connectivity index (χ1v) is 14.5. The molecule has 0 atom stereocenters.